The Morgan fingerprint density at radius 1 is 1.36 bits per heavy atom. The number of carbonyl (C=O) groups excluding carboxylic acids is 1. The van der Waals surface area contributed by atoms with E-state index in [9.17, 15) is 4.79 Å². The molecule has 0 aliphatic rings. The molecule has 0 spiro atoms. The number of nitrogens with one attached hydrogen (secondary N) is 1. The Morgan fingerprint density at radius 2 is 2.24 bits per heavy atom. The van der Waals surface area contributed by atoms with Crippen LogP contribution in [-0.2, 0) is 11.3 Å². The first-order valence-corrected chi connectivity index (χ1v) is 10.3. The molecule has 3 aromatic rings. The number of aromatic nitrogens is 3. The summed E-state index contributed by atoms with van der Waals surface area (Å²) in [5, 5.41) is 25.4. The highest BCUT2D eigenvalue weighted by Crippen LogP contribution is 2.28. The van der Waals surface area contributed by atoms with Crippen LogP contribution >= 0.6 is 34.4 Å². The number of anilines is 1. The smallest absolute Gasteiger partial charge is 0.235 e. The highest BCUT2D eigenvalue weighted by molar-refractivity contribution is 7.99. The first-order chi connectivity index (χ1) is 12.2. The summed E-state index contributed by atoms with van der Waals surface area (Å²) in [5.41, 5.74) is 0.484. The highest BCUT2D eigenvalue weighted by atomic mass is 32.2. The number of nitriles is 1. The summed E-state index contributed by atoms with van der Waals surface area (Å²) in [5.74, 6) is 0.896. The van der Waals surface area contributed by atoms with Crippen molar-refractivity contribution in [1.82, 2.24) is 14.8 Å². The molecule has 3 rings (SSSR count). The average molecular weight is 390 g/mol. The van der Waals surface area contributed by atoms with Gasteiger partial charge in [-0.3, -0.25) is 4.79 Å². The van der Waals surface area contributed by atoms with Crippen LogP contribution in [0.5, 0.6) is 0 Å². The molecule has 0 saturated carbocycles. The molecule has 0 aliphatic carbocycles. The maximum Gasteiger partial charge on any atom is 0.235 e. The number of rotatable bonds is 7. The summed E-state index contributed by atoms with van der Waals surface area (Å²) in [4.78, 5) is 13.2. The minimum Gasteiger partial charge on any atom is -0.316 e. The molecule has 0 unspecified atom stereocenters. The third-order valence-electron chi connectivity index (χ3n) is 3.28. The molecule has 0 radical (unpaired) electrons. The van der Waals surface area contributed by atoms with Gasteiger partial charge in [0.1, 0.15) is 11.1 Å². The van der Waals surface area contributed by atoms with Gasteiger partial charge in [0.25, 0.3) is 0 Å². The van der Waals surface area contributed by atoms with E-state index in [1.165, 1.54) is 23.1 Å². The van der Waals surface area contributed by atoms with Crippen LogP contribution in [0.4, 0.5) is 5.00 Å². The maximum absolute atomic E-state index is 12.2. The fourth-order valence-electron chi connectivity index (χ4n) is 2.20. The van der Waals surface area contributed by atoms with Crippen molar-refractivity contribution >= 4 is 45.3 Å². The molecule has 0 aromatic carbocycles. The largest absolute Gasteiger partial charge is 0.316 e. The predicted molar refractivity (Wildman–Crippen MR) is 102 cm³/mol. The first kappa shape index (κ1) is 17.7. The van der Waals surface area contributed by atoms with Crippen LogP contribution in [0.15, 0.2) is 34.1 Å². The van der Waals surface area contributed by atoms with E-state index >= 15 is 0 Å². The zero-order valence-corrected chi connectivity index (χ0v) is 15.9. The normalized spacial score (nSPS) is 10.6. The van der Waals surface area contributed by atoms with Gasteiger partial charge in [-0.1, -0.05) is 24.8 Å². The van der Waals surface area contributed by atoms with Crippen molar-refractivity contribution in [2.75, 3.05) is 11.1 Å². The Hall–Kier alpha value is -2.15. The molecule has 3 aromatic heterocycles. The number of thioether (sulfide) groups is 1. The predicted octanol–water partition coefficient (Wildman–Crippen LogP) is 4.08. The van der Waals surface area contributed by atoms with E-state index in [0.717, 1.165) is 28.8 Å². The Labute approximate surface area is 157 Å². The quantitative estimate of drug-likeness (QED) is 0.616. The van der Waals surface area contributed by atoms with Crippen molar-refractivity contribution in [3.8, 4) is 16.8 Å². The van der Waals surface area contributed by atoms with Gasteiger partial charge >= 0.3 is 0 Å². The standard InChI is InChI=1S/C16H15N5OS3/c1-2-6-21-14(12-4-3-7-23-12)19-20-16(21)25-10-13(22)18-15-11(9-17)5-8-24-15/h3-5,7-8H,2,6,10H2,1H3,(H,18,22). The SMILES string of the molecule is CCCn1c(SCC(=O)Nc2sccc2C#N)nnc1-c1cccs1. The lowest BCUT2D eigenvalue weighted by atomic mass is 10.3. The average Bonchev–Trinajstić information content (AvgIpc) is 3.34. The number of hydrogen-bond donors (Lipinski definition) is 1. The van der Waals surface area contributed by atoms with Crippen LogP contribution in [0, 0.1) is 11.3 Å². The van der Waals surface area contributed by atoms with Crippen LogP contribution in [0.1, 0.15) is 18.9 Å². The van der Waals surface area contributed by atoms with E-state index in [2.05, 4.69) is 33.1 Å². The van der Waals surface area contributed by atoms with Gasteiger partial charge in [0.15, 0.2) is 11.0 Å². The Bertz CT molecular complexity index is 891. The first-order valence-electron chi connectivity index (χ1n) is 7.60. The molecule has 9 heteroatoms. The van der Waals surface area contributed by atoms with Gasteiger partial charge in [-0.2, -0.15) is 5.26 Å². The Balaban J connectivity index is 1.69. The van der Waals surface area contributed by atoms with Crippen molar-refractivity contribution in [3.63, 3.8) is 0 Å². The second-order valence-electron chi connectivity index (χ2n) is 5.05. The molecule has 6 nitrogen and oxygen atoms in total. The molecular weight excluding hydrogens is 374 g/mol. The van der Waals surface area contributed by atoms with Gasteiger partial charge in [-0.25, -0.2) is 0 Å². The van der Waals surface area contributed by atoms with Gasteiger partial charge in [-0.15, -0.1) is 32.9 Å². The van der Waals surface area contributed by atoms with Crippen LogP contribution in [0.3, 0.4) is 0 Å². The number of carbonyl (C=O) groups is 1. The summed E-state index contributed by atoms with van der Waals surface area (Å²) < 4.78 is 2.05. The topological polar surface area (TPSA) is 83.6 Å². The summed E-state index contributed by atoms with van der Waals surface area (Å²) in [7, 11) is 0. The summed E-state index contributed by atoms with van der Waals surface area (Å²) in [6, 6.07) is 7.76. The zero-order valence-electron chi connectivity index (χ0n) is 13.4. The number of thiophene rings is 2. The number of amides is 1. The third kappa shape index (κ3) is 4.10. The van der Waals surface area contributed by atoms with Gasteiger partial charge in [0, 0.05) is 6.54 Å². The van der Waals surface area contributed by atoms with E-state index in [-0.39, 0.29) is 11.7 Å². The highest BCUT2D eigenvalue weighted by Gasteiger charge is 2.16. The Kier molecular flexibility index (Phi) is 5.86. The van der Waals surface area contributed by atoms with E-state index in [4.69, 9.17) is 5.26 Å². The zero-order chi connectivity index (χ0) is 17.6. The second kappa shape index (κ2) is 8.29. The molecule has 0 bridgehead atoms. The molecule has 0 fully saturated rings. The molecule has 0 atom stereocenters. The van der Waals surface area contributed by atoms with Crippen LogP contribution in [0.25, 0.3) is 10.7 Å². The molecule has 0 aliphatic heterocycles. The summed E-state index contributed by atoms with van der Waals surface area (Å²) in [6.07, 6.45) is 0.955. The van der Waals surface area contributed by atoms with Crippen molar-refractivity contribution in [2.45, 2.75) is 25.0 Å². The summed E-state index contributed by atoms with van der Waals surface area (Å²) >= 11 is 4.31. The van der Waals surface area contributed by atoms with E-state index in [1.807, 2.05) is 17.5 Å². The molecule has 0 saturated heterocycles. The summed E-state index contributed by atoms with van der Waals surface area (Å²) in [6.45, 7) is 2.90. The van der Waals surface area contributed by atoms with Crippen LogP contribution in [0.2, 0.25) is 0 Å². The molecule has 128 valence electrons. The van der Waals surface area contributed by atoms with Gasteiger partial charge in [0.05, 0.1) is 16.2 Å². The number of nitrogens with zero attached hydrogens (tertiary/aromatic N) is 4. The van der Waals surface area contributed by atoms with Crippen LogP contribution in [-0.4, -0.2) is 26.4 Å². The molecular formula is C16H15N5OS3. The van der Waals surface area contributed by atoms with Crippen LogP contribution < -0.4 is 5.32 Å². The fourth-order valence-corrected chi connectivity index (χ4v) is 4.43. The van der Waals surface area contributed by atoms with Crippen molar-refractivity contribution in [2.24, 2.45) is 0 Å². The van der Waals surface area contributed by atoms with Gasteiger partial charge in [0.2, 0.25) is 5.91 Å². The molecule has 3 heterocycles. The lowest BCUT2D eigenvalue weighted by molar-refractivity contribution is -0.113. The molecule has 1 amide bonds. The van der Waals surface area contributed by atoms with Crippen molar-refractivity contribution in [3.05, 3.63) is 34.5 Å². The lowest BCUT2D eigenvalue weighted by Gasteiger charge is -2.08. The van der Waals surface area contributed by atoms with E-state index < -0.39 is 0 Å². The van der Waals surface area contributed by atoms with E-state index in [0.29, 0.717) is 10.6 Å². The molecule has 1 N–H and O–H groups in total. The minimum absolute atomic E-state index is 0.160. The van der Waals surface area contributed by atoms with Gasteiger partial charge in [-0.05, 0) is 29.3 Å². The number of hydrogen-bond acceptors (Lipinski definition) is 7. The van der Waals surface area contributed by atoms with E-state index in [1.54, 1.807) is 22.8 Å². The third-order valence-corrected chi connectivity index (χ3v) is 5.94. The second-order valence-corrected chi connectivity index (χ2v) is 7.85. The Morgan fingerprint density at radius 3 is 2.96 bits per heavy atom. The van der Waals surface area contributed by atoms with Crippen molar-refractivity contribution < 1.29 is 4.79 Å². The van der Waals surface area contributed by atoms with Crippen molar-refractivity contribution in [1.29, 1.82) is 5.26 Å². The van der Waals surface area contributed by atoms with Gasteiger partial charge < -0.3 is 9.88 Å². The minimum atomic E-state index is -0.160. The lowest BCUT2D eigenvalue weighted by Crippen LogP contribution is -2.14. The fraction of sp³-hybridized carbons (Fsp3) is 0.250. The maximum atomic E-state index is 12.2. The molecule has 25 heavy (non-hydrogen) atoms. The monoisotopic (exact) mass is 389 g/mol.